The number of amidine groups is 1. The number of aromatic nitrogens is 6. The molecule has 8 heterocycles. The molecule has 23 N–H and O–H groups in total. The number of nitrogens with two attached hydrogens (primary N) is 3. The minimum Gasteiger partial charge on any atom is -0.412 e. The molecule has 0 aromatic carbocycles. The van der Waals surface area contributed by atoms with Crippen molar-refractivity contribution in [3.05, 3.63) is 88.9 Å². The molecule has 4 fully saturated rings. The largest absolute Gasteiger partial charge is 0.469 e. The first-order valence-corrected chi connectivity index (χ1v) is 39.2. The number of aryl methyl sites for hydroxylation is 1. The molecule has 0 bridgehead atoms. The summed E-state index contributed by atoms with van der Waals surface area (Å²) in [6.07, 6.45) is -15.8. The van der Waals surface area contributed by atoms with Crippen LogP contribution in [0.2, 0.25) is 18.1 Å². The Bertz CT molecular complexity index is 3730. The highest BCUT2D eigenvalue weighted by molar-refractivity contribution is 14.1. The Hall–Kier alpha value is -4.67. The van der Waals surface area contributed by atoms with Gasteiger partial charge in [-0.05, 0) is 54.1 Å². The van der Waals surface area contributed by atoms with Crippen molar-refractivity contribution in [2.75, 3.05) is 43.6 Å². The van der Waals surface area contributed by atoms with E-state index < -0.39 is 181 Å². The third-order valence-corrected chi connectivity index (χ3v) is 22.7. The number of amides is 1. The van der Waals surface area contributed by atoms with Crippen molar-refractivity contribution in [1.82, 2.24) is 38.9 Å². The van der Waals surface area contributed by atoms with Crippen molar-refractivity contribution in [2.24, 2.45) is 4.99 Å². The van der Waals surface area contributed by atoms with Gasteiger partial charge >= 0.3 is 48.4 Å². The highest BCUT2D eigenvalue weighted by Crippen LogP contribution is 2.43. The second-order valence-corrected chi connectivity index (χ2v) is 34.8. The lowest BCUT2D eigenvalue weighted by atomic mass is 10.1. The molecule has 0 aliphatic carbocycles. The predicted molar refractivity (Wildman–Crippen MR) is 349 cm³/mol. The minimum absolute atomic E-state index is 0.0104. The first-order chi connectivity index (χ1) is 45.8. The van der Waals surface area contributed by atoms with Crippen LogP contribution in [-0.4, -0.2) is 240 Å². The highest BCUT2D eigenvalue weighted by Gasteiger charge is 2.50. The van der Waals surface area contributed by atoms with Crippen LogP contribution < -0.4 is 39.6 Å². The van der Waals surface area contributed by atoms with Crippen LogP contribution in [0.25, 0.3) is 0 Å². The first kappa shape index (κ1) is 86.0. The number of hydrogen-bond acceptors (Lipinski definition) is 33. The number of phosphoric acid groups is 4. The molecule has 0 unspecified atom stereocenters. The Morgan fingerprint density at radius 1 is 0.600 bits per heavy atom. The lowest BCUT2D eigenvalue weighted by Crippen LogP contribution is -2.43. The summed E-state index contributed by atoms with van der Waals surface area (Å²) in [6, 6.07) is 0. The number of aliphatic hydroxyl groups excluding tert-OH is 8. The average molecular weight is 1650 g/mol. The third kappa shape index (κ3) is 23.4. The molecule has 45 nitrogen and oxygen atoms in total. The number of aliphatic hydroxyl groups is 8. The average Bonchev–Trinajstić information content (AvgIpc) is 1.62. The summed E-state index contributed by atoms with van der Waals surface area (Å²) in [4.78, 5) is 133. The van der Waals surface area contributed by atoms with E-state index in [0.29, 0.717) is 32.5 Å². The van der Waals surface area contributed by atoms with Gasteiger partial charge in [0.05, 0.1) is 36.6 Å². The summed E-state index contributed by atoms with van der Waals surface area (Å²) in [6.45, 7) is 16.3. The van der Waals surface area contributed by atoms with E-state index >= 15 is 0 Å². The molecular weight excluding hydrogens is 1560 g/mol. The fourth-order valence-corrected chi connectivity index (χ4v) is 11.8. The van der Waals surface area contributed by atoms with Crippen LogP contribution in [0.1, 0.15) is 70.9 Å². The minimum atomic E-state index is -4.80. The van der Waals surface area contributed by atoms with Crippen molar-refractivity contribution < 1.29 is 145 Å². The molecule has 0 radical (unpaired) electrons. The van der Waals surface area contributed by atoms with Gasteiger partial charge in [0.15, 0.2) is 33.2 Å². The fourth-order valence-electron chi connectivity index (χ4n) is 9.08. The van der Waals surface area contributed by atoms with Crippen molar-refractivity contribution in [1.29, 1.82) is 0 Å². The molecule has 51 heteroatoms. The number of aliphatic imine (C=N–C) groups is 1. The maximum absolute atomic E-state index is 12.3. The van der Waals surface area contributed by atoms with Gasteiger partial charge < -0.3 is 131 Å². The van der Waals surface area contributed by atoms with Crippen molar-refractivity contribution in [3.63, 3.8) is 0 Å². The lowest BCUT2D eigenvalue weighted by Gasteiger charge is -2.36. The number of hydrogen-bond donors (Lipinski definition) is 20. The van der Waals surface area contributed by atoms with E-state index in [4.69, 9.17) is 79.7 Å². The predicted octanol–water partition coefficient (Wildman–Crippen LogP) is -4.75. The molecule has 4 saturated heterocycles. The number of rotatable bonds is 20. The van der Waals surface area contributed by atoms with Crippen LogP contribution >= 0.6 is 53.9 Å². The zero-order valence-corrected chi connectivity index (χ0v) is 60.8. The van der Waals surface area contributed by atoms with E-state index in [1.165, 1.54) is 30.4 Å². The van der Waals surface area contributed by atoms with Crippen LogP contribution in [0.5, 0.6) is 0 Å². The van der Waals surface area contributed by atoms with Crippen LogP contribution in [0.15, 0.2) is 62.1 Å². The van der Waals surface area contributed by atoms with Gasteiger partial charge in [-0.15, -0.1) is 0 Å². The number of phosphoric ester groups is 4. The molecule has 8 rings (SSSR count). The zero-order chi connectivity index (χ0) is 76.0. The number of nitrogens with zero attached hydrogens (tertiary/aromatic N) is 8. The van der Waals surface area contributed by atoms with Gasteiger partial charge in [-0.3, -0.25) is 36.6 Å². The number of carbonyl (C=O) groups is 1. The maximum atomic E-state index is 12.3. The Balaban J connectivity index is 0.000000242. The van der Waals surface area contributed by atoms with Crippen LogP contribution in [0.3, 0.4) is 0 Å². The second kappa shape index (κ2) is 34.5. The summed E-state index contributed by atoms with van der Waals surface area (Å²) in [5, 5.41) is 82.8. The first-order valence-electron chi connectivity index (χ1n) is 29.1. The number of ether oxygens (including phenoxy) is 4. The molecule has 566 valence electrons. The molecule has 16 atom stereocenters. The van der Waals surface area contributed by atoms with E-state index in [2.05, 4.69) is 83.8 Å². The van der Waals surface area contributed by atoms with E-state index in [1.807, 2.05) is 29.5 Å². The van der Waals surface area contributed by atoms with Gasteiger partial charge in [-0.1, -0.05) is 34.3 Å². The second-order valence-electron chi connectivity index (χ2n) is 23.9. The van der Waals surface area contributed by atoms with E-state index in [1.54, 1.807) is 13.1 Å². The number of nitrogen functional groups attached to an aromatic ring is 3. The smallest absolute Gasteiger partial charge is 0.412 e. The molecule has 100 heavy (non-hydrogen) atoms. The molecule has 0 saturated carbocycles. The van der Waals surface area contributed by atoms with Gasteiger partial charge in [0.1, 0.15) is 102 Å². The van der Waals surface area contributed by atoms with Gasteiger partial charge in [-0.2, -0.15) is 15.0 Å². The standard InChI is InChI=1S/C16H30N3O9PSi.C14H22N3O8P.C10H16N3O8P.C9H13IN3O8P/c1-16(2,3)30(4,5)27-7-9-6-19(15(22)18-13(9)17)14-12(21)11(20)10(28-14)8-26-29(23,24)25;1-4-9-5-17(7(2)15-13(9)16-8(3)18)14-12(20)11(19)10(25-14)6-24-26(21,22)23;1-4-2-13(10(16)12-8(4)11)9-7(15)6(14)5(21-9)3-20-22(17,18)19;10-3-1-13(9(16)12-7(3)11)8-6(15)5(14)4(21-8)2-20-22(17,18)19/h6,10-12,14,20-21H,7-8H2,1-5H3,(H2,17,18,22)(H2,23,24,25);5,10-12,14,19-20H,2,4,6H2,1,3H3,(H,15,16,18)(H2,21,22,23);2,5-7,9,14-15H,3H2,1H3,(H2,11,12,16)(H2,17,18,19);1,4-6,8,14-15H,2H2,(H2,11,12,16)(H2,17,18,19)/t2*10-,11-,12-,14-;5-,6-,7-,9-;4-,5-,6-,8-/m1111/s1. The summed E-state index contributed by atoms with van der Waals surface area (Å²) in [7, 11) is -21.2. The van der Waals surface area contributed by atoms with E-state index in [0.717, 1.165) is 13.7 Å². The Labute approximate surface area is 580 Å². The molecule has 1 amide bonds. The summed E-state index contributed by atoms with van der Waals surface area (Å²) >= 11 is 1.82. The van der Waals surface area contributed by atoms with Crippen LogP contribution in [-0.2, 0) is 71.1 Å². The fraction of sp³-hybridized carbons (Fsp3) is 0.633. The zero-order valence-electron chi connectivity index (χ0n) is 54.1. The van der Waals surface area contributed by atoms with Crippen LogP contribution in [0, 0.1) is 10.5 Å². The molecule has 0 spiro atoms. The molecule has 3 aromatic heterocycles. The van der Waals surface area contributed by atoms with Crippen molar-refractivity contribution in [2.45, 2.75) is 171 Å². The third-order valence-electron chi connectivity index (χ3n) is 15.5. The van der Waals surface area contributed by atoms with Gasteiger partial charge in [0, 0.05) is 48.4 Å². The van der Waals surface area contributed by atoms with Gasteiger partial charge in [0.2, 0.25) is 5.91 Å². The monoisotopic (exact) mass is 1640 g/mol. The van der Waals surface area contributed by atoms with Crippen molar-refractivity contribution >= 4 is 91.4 Å². The lowest BCUT2D eigenvalue weighted by molar-refractivity contribution is -0.117. The number of nitrogens with one attached hydrogen (secondary N) is 1. The highest BCUT2D eigenvalue weighted by atomic mass is 127. The van der Waals surface area contributed by atoms with Gasteiger partial charge in [0.25, 0.3) is 0 Å². The topological polar surface area (TPSA) is 702 Å². The maximum Gasteiger partial charge on any atom is 0.469 e. The SMILES string of the molecule is C=C1N=C(NC(C)=O)C(CC)=CN1[C@@H]1O[C@H](COP(=O)(O)O)[C@@H](O)[C@H]1O.CC(C)(C)[Si](C)(C)OCc1cn([C@@H]2O[C@H](COP(=O)(O)O)[C@@H](O)[C@H]2O)c(=O)nc1N.Cc1cn([C@@H]2O[C@H](COP(=O)(O)O)[C@@H](O)[C@H]2O)c(=O)nc1N.Nc1nc(=O)n([C@@H]2O[C@H](COP(=O)(O)O)[C@@H](O)[C@H]2O)cc1I. The van der Waals surface area contributed by atoms with E-state index in [-0.39, 0.29) is 40.8 Å². The van der Waals surface area contributed by atoms with Crippen LogP contribution in [0.4, 0.5) is 17.5 Å². The summed E-state index contributed by atoms with van der Waals surface area (Å²) < 4.78 is 90.9. The summed E-state index contributed by atoms with van der Waals surface area (Å²) in [5.41, 5.74) is 15.9. The molecule has 5 aliphatic heterocycles. The Kier molecular flexibility index (Phi) is 29.7. The summed E-state index contributed by atoms with van der Waals surface area (Å²) in [5.74, 6) is 0.192. The number of carbonyl (C=O) groups excluding carboxylic acids is 1. The Morgan fingerprint density at radius 3 is 1.30 bits per heavy atom. The Morgan fingerprint density at radius 2 is 0.940 bits per heavy atom. The quantitative estimate of drug-likeness (QED) is 0.0287. The van der Waals surface area contributed by atoms with Gasteiger partial charge in [-0.25, -0.2) is 37.6 Å². The molecular formula is C49H81IN12O33P4Si. The number of halogens is 1. The number of anilines is 3. The van der Waals surface area contributed by atoms with E-state index in [9.17, 15) is 78.3 Å². The molecule has 3 aromatic rings. The normalized spacial score (nSPS) is 28.1. The molecule has 5 aliphatic rings. The van der Waals surface area contributed by atoms with Crippen molar-refractivity contribution in [3.8, 4) is 0 Å².